The van der Waals surface area contributed by atoms with Crippen LogP contribution in [-0.2, 0) is 6.54 Å². The number of hydrogen-bond donors (Lipinski definition) is 2. The lowest BCUT2D eigenvalue weighted by Crippen LogP contribution is -2.01. The van der Waals surface area contributed by atoms with Gasteiger partial charge < -0.3 is 20.5 Å². The van der Waals surface area contributed by atoms with Gasteiger partial charge in [0, 0.05) is 12.7 Å². The van der Waals surface area contributed by atoms with E-state index < -0.39 is 0 Å². The first-order chi connectivity index (χ1) is 10.3. The van der Waals surface area contributed by atoms with Crippen molar-refractivity contribution in [2.45, 2.75) is 6.54 Å². The summed E-state index contributed by atoms with van der Waals surface area (Å²) in [5.74, 6) is 1.82. The van der Waals surface area contributed by atoms with E-state index in [4.69, 9.17) is 15.2 Å². The highest BCUT2D eigenvalue weighted by molar-refractivity contribution is 5.68. The maximum Gasteiger partial charge on any atom is 0.240 e. The molecule has 2 aromatic heterocycles. The molecular formula is C14H13N5O2. The van der Waals surface area contributed by atoms with Crippen LogP contribution in [0.4, 0.5) is 11.6 Å². The minimum Gasteiger partial charge on any atom is -0.454 e. The third-order valence-electron chi connectivity index (χ3n) is 3.30. The van der Waals surface area contributed by atoms with Crippen molar-refractivity contribution >= 4 is 17.3 Å². The van der Waals surface area contributed by atoms with Gasteiger partial charge in [-0.15, -0.1) is 5.10 Å². The average molecular weight is 283 g/mol. The first-order valence-electron chi connectivity index (χ1n) is 6.53. The number of hydrogen-bond acceptors (Lipinski definition) is 6. The molecule has 106 valence electrons. The number of aromatic nitrogens is 3. The van der Waals surface area contributed by atoms with Gasteiger partial charge in [0.15, 0.2) is 17.1 Å². The van der Waals surface area contributed by atoms with E-state index in [0.29, 0.717) is 12.2 Å². The zero-order valence-corrected chi connectivity index (χ0v) is 11.1. The van der Waals surface area contributed by atoms with E-state index in [0.717, 1.165) is 22.7 Å². The van der Waals surface area contributed by atoms with Crippen LogP contribution in [0, 0.1) is 0 Å². The van der Waals surface area contributed by atoms with E-state index in [1.807, 2.05) is 36.5 Å². The summed E-state index contributed by atoms with van der Waals surface area (Å²) >= 11 is 0. The first kappa shape index (κ1) is 11.8. The Hall–Kier alpha value is -2.96. The molecule has 1 aliphatic rings. The summed E-state index contributed by atoms with van der Waals surface area (Å²) in [7, 11) is 0. The summed E-state index contributed by atoms with van der Waals surface area (Å²) in [5, 5.41) is 7.42. The Morgan fingerprint density at radius 3 is 3.10 bits per heavy atom. The van der Waals surface area contributed by atoms with Crippen LogP contribution in [0.2, 0.25) is 0 Å². The molecule has 0 radical (unpaired) electrons. The molecule has 7 nitrogen and oxygen atoms in total. The van der Waals surface area contributed by atoms with Gasteiger partial charge in [-0.05, 0) is 29.8 Å². The highest BCUT2D eigenvalue weighted by atomic mass is 16.7. The monoisotopic (exact) mass is 283 g/mol. The summed E-state index contributed by atoms with van der Waals surface area (Å²) < 4.78 is 12.3. The zero-order chi connectivity index (χ0) is 14.2. The number of nitrogens with zero attached hydrogens (tertiary/aromatic N) is 3. The van der Waals surface area contributed by atoms with Crippen LogP contribution in [0.5, 0.6) is 11.5 Å². The van der Waals surface area contributed by atoms with Gasteiger partial charge >= 0.3 is 0 Å². The standard InChI is InChI=1S/C14H13N5O2/c15-14-17-13-10(2-1-5-19(13)18-14)16-7-9-3-4-11-12(6-9)21-8-20-11/h1-6,16H,7-8H2,(H2,15,18). The smallest absolute Gasteiger partial charge is 0.240 e. The molecule has 3 N–H and O–H groups in total. The second-order valence-electron chi connectivity index (χ2n) is 4.70. The molecule has 4 rings (SSSR count). The summed E-state index contributed by atoms with van der Waals surface area (Å²) in [4.78, 5) is 4.21. The van der Waals surface area contributed by atoms with Crippen LogP contribution in [0.25, 0.3) is 5.65 Å². The minimum absolute atomic E-state index is 0.257. The van der Waals surface area contributed by atoms with Gasteiger partial charge in [0.1, 0.15) is 0 Å². The van der Waals surface area contributed by atoms with Gasteiger partial charge in [-0.1, -0.05) is 6.07 Å². The third-order valence-corrected chi connectivity index (χ3v) is 3.30. The van der Waals surface area contributed by atoms with Crippen LogP contribution in [0.3, 0.4) is 0 Å². The highest BCUT2D eigenvalue weighted by Gasteiger charge is 2.13. The van der Waals surface area contributed by atoms with Crippen LogP contribution in [0.15, 0.2) is 36.5 Å². The molecule has 3 heterocycles. The molecule has 0 saturated carbocycles. The predicted molar refractivity (Wildman–Crippen MR) is 77.3 cm³/mol. The van der Waals surface area contributed by atoms with Crippen molar-refractivity contribution in [3.05, 3.63) is 42.1 Å². The van der Waals surface area contributed by atoms with Gasteiger partial charge in [0.25, 0.3) is 0 Å². The highest BCUT2D eigenvalue weighted by Crippen LogP contribution is 2.32. The Morgan fingerprint density at radius 2 is 2.14 bits per heavy atom. The number of anilines is 2. The van der Waals surface area contributed by atoms with Crippen LogP contribution in [-0.4, -0.2) is 21.4 Å². The normalized spacial score (nSPS) is 12.8. The number of fused-ring (bicyclic) bond motifs is 2. The zero-order valence-electron chi connectivity index (χ0n) is 11.1. The van der Waals surface area contributed by atoms with E-state index in [-0.39, 0.29) is 12.7 Å². The molecule has 3 aromatic rings. The average Bonchev–Trinajstić information content (AvgIpc) is 3.09. The van der Waals surface area contributed by atoms with Crippen LogP contribution < -0.4 is 20.5 Å². The quantitative estimate of drug-likeness (QED) is 0.760. The van der Waals surface area contributed by atoms with E-state index in [1.165, 1.54) is 0 Å². The van der Waals surface area contributed by atoms with Crippen molar-refractivity contribution in [3.8, 4) is 11.5 Å². The van der Waals surface area contributed by atoms with Crippen molar-refractivity contribution in [1.82, 2.24) is 14.6 Å². The van der Waals surface area contributed by atoms with E-state index in [1.54, 1.807) is 4.52 Å². The minimum atomic E-state index is 0.257. The van der Waals surface area contributed by atoms with Gasteiger partial charge in [-0.2, -0.15) is 4.98 Å². The Balaban J connectivity index is 1.58. The van der Waals surface area contributed by atoms with Crippen molar-refractivity contribution in [2.75, 3.05) is 17.8 Å². The molecule has 0 aliphatic carbocycles. The molecule has 0 fully saturated rings. The third kappa shape index (κ3) is 2.08. The molecule has 0 atom stereocenters. The molecule has 1 aliphatic heterocycles. The van der Waals surface area contributed by atoms with Gasteiger partial charge in [0.2, 0.25) is 12.7 Å². The maximum atomic E-state index is 5.63. The van der Waals surface area contributed by atoms with E-state index >= 15 is 0 Å². The largest absolute Gasteiger partial charge is 0.454 e. The second-order valence-corrected chi connectivity index (χ2v) is 4.70. The Bertz CT molecular complexity index is 814. The number of rotatable bonds is 3. The molecule has 1 aromatic carbocycles. The fourth-order valence-electron chi connectivity index (χ4n) is 2.31. The SMILES string of the molecule is Nc1nc2c(NCc3ccc4c(c3)OCO4)cccn2n1. The number of nitrogen functional groups attached to an aromatic ring is 1. The van der Waals surface area contributed by atoms with Gasteiger partial charge in [-0.25, -0.2) is 4.52 Å². The number of benzene rings is 1. The summed E-state index contributed by atoms with van der Waals surface area (Å²) in [6.07, 6.45) is 1.81. The molecule has 0 amide bonds. The lowest BCUT2D eigenvalue weighted by molar-refractivity contribution is 0.174. The predicted octanol–water partition coefficient (Wildman–Crippen LogP) is 1.65. The Morgan fingerprint density at radius 1 is 1.24 bits per heavy atom. The van der Waals surface area contributed by atoms with Crippen molar-refractivity contribution in [1.29, 1.82) is 0 Å². The summed E-state index contributed by atoms with van der Waals surface area (Å²) in [6.45, 7) is 0.924. The van der Waals surface area contributed by atoms with E-state index in [2.05, 4.69) is 15.4 Å². The number of nitrogens with one attached hydrogen (secondary N) is 1. The van der Waals surface area contributed by atoms with Gasteiger partial charge in [-0.3, -0.25) is 0 Å². The lowest BCUT2D eigenvalue weighted by atomic mass is 10.2. The number of pyridine rings is 1. The Kier molecular flexibility index (Phi) is 2.56. The molecule has 0 saturated heterocycles. The molecule has 7 heteroatoms. The maximum absolute atomic E-state index is 5.63. The summed E-state index contributed by atoms with van der Waals surface area (Å²) in [5.41, 5.74) is 8.30. The molecule has 0 spiro atoms. The summed E-state index contributed by atoms with van der Waals surface area (Å²) in [6, 6.07) is 9.71. The second kappa shape index (κ2) is 4.55. The van der Waals surface area contributed by atoms with Crippen molar-refractivity contribution in [3.63, 3.8) is 0 Å². The number of nitrogens with two attached hydrogens (primary N) is 1. The first-order valence-corrected chi connectivity index (χ1v) is 6.53. The molecular weight excluding hydrogens is 270 g/mol. The fraction of sp³-hybridized carbons (Fsp3) is 0.143. The molecule has 0 unspecified atom stereocenters. The Labute approximate surface area is 120 Å². The van der Waals surface area contributed by atoms with Crippen molar-refractivity contribution in [2.24, 2.45) is 0 Å². The van der Waals surface area contributed by atoms with Crippen LogP contribution >= 0.6 is 0 Å². The molecule has 21 heavy (non-hydrogen) atoms. The topological polar surface area (TPSA) is 86.7 Å². The van der Waals surface area contributed by atoms with E-state index in [9.17, 15) is 0 Å². The lowest BCUT2D eigenvalue weighted by Gasteiger charge is -2.07. The van der Waals surface area contributed by atoms with Crippen LogP contribution in [0.1, 0.15) is 5.56 Å². The molecule has 0 bridgehead atoms. The van der Waals surface area contributed by atoms with Gasteiger partial charge in [0.05, 0.1) is 5.69 Å². The van der Waals surface area contributed by atoms with Crippen molar-refractivity contribution < 1.29 is 9.47 Å². The number of ether oxygens (including phenoxy) is 2. The fourth-order valence-corrected chi connectivity index (χ4v) is 2.31.